The Balaban J connectivity index is 1.71. The van der Waals surface area contributed by atoms with Crippen LogP contribution in [0.2, 0.25) is 0 Å². The molecule has 2 atom stereocenters. The highest BCUT2D eigenvalue weighted by Gasteiger charge is 2.54. The predicted octanol–water partition coefficient (Wildman–Crippen LogP) is -0.990. The molecule has 0 radical (unpaired) electrons. The molecule has 0 aliphatic carbocycles. The van der Waals surface area contributed by atoms with Crippen molar-refractivity contribution in [1.82, 2.24) is 19.8 Å². The first kappa shape index (κ1) is 18.8. The summed E-state index contributed by atoms with van der Waals surface area (Å²) >= 11 is 0. The molecule has 4 N–H and O–H groups in total. The molecule has 2 amide bonds. The van der Waals surface area contributed by atoms with Crippen molar-refractivity contribution in [2.24, 2.45) is 12.8 Å². The first-order chi connectivity index (χ1) is 12.3. The number of nitrogens with zero attached hydrogens (tertiary/aromatic N) is 3. The van der Waals surface area contributed by atoms with Gasteiger partial charge in [-0.1, -0.05) is 0 Å². The van der Waals surface area contributed by atoms with E-state index in [9.17, 15) is 14.7 Å². The smallest absolute Gasteiger partial charge is 0.271 e. The average Bonchev–Trinajstić information content (AvgIpc) is 3.06. The number of rotatable bonds is 3. The Bertz CT molecular complexity index is 682. The fraction of sp³-hybridized carbons (Fsp3) is 0.706. The van der Waals surface area contributed by atoms with E-state index in [-0.39, 0.29) is 18.4 Å². The molecule has 2 aliphatic rings. The van der Waals surface area contributed by atoms with Crippen molar-refractivity contribution in [1.29, 1.82) is 0 Å². The number of ether oxygens (including phenoxy) is 1. The second-order valence-electron chi connectivity index (χ2n) is 7.45. The number of aryl methyl sites for hydroxylation is 1. The van der Waals surface area contributed by atoms with Gasteiger partial charge in [0.2, 0.25) is 5.91 Å². The molecule has 144 valence electrons. The fourth-order valence-electron chi connectivity index (χ4n) is 3.93. The van der Waals surface area contributed by atoms with Gasteiger partial charge in [0.25, 0.3) is 5.91 Å². The predicted molar refractivity (Wildman–Crippen MR) is 93.3 cm³/mol. The number of piperidine rings is 1. The number of hydrogen-bond acceptors (Lipinski definition) is 6. The maximum atomic E-state index is 12.5. The Hall–Kier alpha value is -1.97. The standard InChI is InChI=1S/C17H27N5O4/c1-16(20-14(24)12-10-21(2)11-19-12)5-8-26-17(15(16)25)3-6-22(7-4-17)13(23)9-18/h10-11,15,25H,3-9,18H2,1-2H3,(H,20,24)/t15-,16+/m0/s1. The maximum absolute atomic E-state index is 12.5. The van der Waals surface area contributed by atoms with E-state index in [0.717, 1.165) is 0 Å². The van der Waals surface area contributed by atoms with Gasteiger partial charge in [-0.05, 0) is 26.2 Å². The Morgan fingerprint density at radius 3 is 2.69 bits per heavy atom. The van der Waals surface area contributed by atoms with Crippen molar-refractivity contribution in [2.45, 2.75) is 43.4 Å². The molecular formula is C17H27N5O4. The largest absolute Gasteiger partial charge is 0.388 e. The second-order valence-corrected chi connectivity index (χ2v) is 7.45. The van der Waals surface area contributed by atoms with Crippen LogP contribution >= 0.6 is 0 Å². The minimum atomic E-state index is -0.883. The lowest BCUT2D eigenvalue weighted by atomic mass is 9.73. The highest BCUT2D eigenvalue weighted by molar-refractivity contribution is 5.92. The van der Waals surface area contributed by atoms with Crippen molar-refractivity contribution >= 4 is 11.8 Å². The number of amides is 2. The molecule has 2 fully saturated rings. The molecule has 9 heteroatoms. The molecule has 1 aromatic heterocycles. The molecule has 0 unspecified atom stereocenters. The highest BCUT2D eigenvalue weighted by Crippen LogP contribution is 2.40. The van der Waals surface area contributed by atoms with Gasteiger partial charge in [0.1, 0.15) is 11.8 Å². The summed E-state index contributed by atoms with van der Waals surface area (Å²) in [5.41, 5.74) is 4.14. The van der Waals surface area contributed by atoms with Gasteiger partial charge in [-0.3, -0.25) is 9.59 Å². The van der Waals surface area contributed by atoms with Crippen LogP contribution in [0.4, 0.5) is 0 Å². The van der Waals surface area contributed by atoms with Gasteiger partial charge in [-0.25, -0.2) is 4.98 Å². The van der Waals surface area contributed by atoms with Crippen molar-refractivity contribution in [2.75, 3.05) is 26.2 Å². The zero-order valence-electron chi connectivity index (χ0n) is 15.3. The summed E-state index contributed by atoms with van der Waals surface area (Å²) in [7, 11) is 1.79. The number of aliphatic hydroxyl groups is 1. The molecule has 1 aromatic rings. The summed E-state index contributed by atoms with van der Waals surface area (Å²) in [6.07, 6.45) is 3.83. The third-order valence-corrected chi connectivity index (χ3v) is 5.59. The number of likely N-dealkylation sites (tertiary alicyclic amines) is 1. The Morgan fingerprint density at radius 1 is 1.42 bits per heavy atom. The minimum Gasteiger partial charge on any atom is -0.388 e. The highest BCUT2D eigenvalue weighted by atomic mass is 16.5. The topological polar surface area (TPSA) is 123 Å². The number of nitrogens with two attached hydrogens (primary N) is 1. The average molecular weight is 365 g/mol. The van der Waals surface area contributed by atoms with Crippen LogP contribution in [-0.4, -0.2) is 74.9 Å². The molecule has 2 aliphatic heterocycles. The fourth-order valence-corrected chi connectivity index (χ4v) is 3.93. The molecule has 3 heterocycles. The second kappa shape index (κ2) is 6.98. The van der Waals surface area contributed by atoms with Gasteiger partial charge in [0.15, 0.2) is 0 Å². The van der Waals surface area contributed by atoms with Crippen LogP contribution in [0.15, 0.2) is 12.5 Å². The lowest BCUT2D eigenvalue weighted by Gasteiger charge is -2.53. The van der Waals surface area contributed by atoms with Crippen LogP contribution in [-0.2, 0) is 16.6 Å². The van der Waals surface area contributed by atoms with Gasteiger partial charge in [-0.15, -0.1) is 0 Å². The SMILES string of the molecule is Cn1cnc(C(=O)N[C@]2(C)CCOC3(CCN(C(=O)CN)CC3)[C@H]2O)c1. The van der Waals surface area contributed by atoms with E-state index >= 15 is 0 Å². The van der Waals surface area contributed by atoms with Crippen LogP contribution < -0.4 is 11.1 Å². The zero-order valence-corrected chi connectivity index (χ0v) is 15.3. The number of aromatic nitrogens is 2. The molecular weight excluding hydrogens is 338 g/mol. The maximum Gasteiger partial charge on any atom is 0.271 e. The molecule has 9 nitrogen and oxygen atoms in total. The van der Waals surface area contributed by atoms with E-state index in [4.69, 9.17) is 10.5 Å². The number of imidazole rings is 1. The lowest BCUT2D eigenvalue weighted by Crippen LogP contribution is -2.69. The van der Waals surface area contributed by atoms with E-state index < -0.39 is 17.2 Å². The molecule has 3 rings (SSSR count). The van der Waals surface area contributed by atoms with E-state index in [2.05, 4.69) is 10.3 Å². The summed E-state index contributed by atoms with van der Waals surface area (Å²) in [5, 5.41) is 14.0. The van der Waals surface area contributed by atoms with E-state index in [1.165, 1.54) is 0 Å². The van der Waals surface area contributed by atoms with Crippen LogP contribution in [0.3, 0.4) is 0 Å². The third kappa shape index (κ3) is 3.34. The van der Waals surface area contributed by atoms with Gasteiger partial charge >= 0.3 is 0 Å². The minimum absolute atomic E-state index is 0.0196. The number of aliphatic hydroxyl groups excluding tert-OH is 1. The summed E-state index contributed by atoms with van der Waals surface area (Å²) in [4.78, 5) is 30.1. The first-order valence-electron chi connectivity index (χ1n) is 8.90. The molecule has 2 saturated heterocycles. The van der Waals surface area contributed by atoms with Crippen molar-refractivity contribution in [3.05, 3.63) is 18.2 Å². The lowest BCUT2D eigenvalue weighted by molar-refractivity contribution is -0.205. The van der Waals surface area contributed by atoms with Crippen molar-refractivity contribution < 1.29 is 19.4 Å². The number of hydrogen-bond donors (Lipinski definition) is 3. The molecule has 0 saturated carbocycles. The Labute approximate surface area is 152 Å². The van der Waals surface area contributed by atoms with Crippen LogP contribution in [0.1, 0.15) is 36.7 Å². The molecule has 26 heavy (non-hydrogen) atoms. The summed E-state index contributed by atoms with van der Waals surface area (Å²) < 4.78 is 7.67. The zero-order chi connectivity index (χ0) is 18.9. The first-order valence-corrected chi connectivity index (χ1v) is 8.90. The third-order valence-electron chi connectivity index (χ3n) is 5.59. The quantitative estimate of drug-likeness (QED) is 0.632. The van der Waals surface area contributed by atoms with E-state index in [1.807, 2.05) is 6.92 Å². The van der Waals surface area contributed by atoms with Gasteiger partial charge in [0.05, 0.1) is 24.0 Å². The van der Waals surface area contributed by atoms with Crippen LogP contribution in [0.5, 0.6) is 0 Å². The summed E-state index contributed by atoms with van der Waals surface area (Å²) in [5.74, 6) is -0.420. The monoisotopic (exact) mass is 365 g/mol. The van der Waals surface area contributed by atoms with Crippen LogP contribution in [0.25, 0.3) is 0 Å². The normalized spacial score (nSPS) is 28.2. The molecule has 1 spiro atoms. The Kier molecular flexibility index (Phi) is 5.05. The van der Waals surface area contributed by atoms with Gasteiger partial charge < -0.3 is 30.4 Å². The number of carbonyl (C=O) groups is 2. The number of carbonyl (C=O) groups excluding carboxylic acids is 2. The van der Waals surface area contributed by atoms with Gasteiger partial charge in [-0.2, -0.15) is 0 Å². The van der Waals surface area contributed by atoms with Gasteiger partial charge in [0, 0.05) is 32.9 Å². The van der Waals surface area contributed by atoms with Crippen molar-refractivity contribution in [3.8, 4) is 0 Å². The summed E-state index contributed by atoms with van der Waals surface area (Å²) in [6.45, 7) is 3.21. The summed E-state index contributed by atoms with van der Waals surface area (Å²) in [6, 6.07) is 0. The molecule has 0 aromatic carbocycles. The van der Waals surface area contributed by atoms with E-state index in [0.29, 0.717) is 44.7 Å². The van der Waals surface area contributed by atoms with E-state index in [1.54, 1.807) is 29.0 Å². The molecule has 0 bridgehead atoms. The van der Waals surface area contributed by atoms with Crippen LogP contribution in [0, 0.1) is 0 Å². The van der Waals surface area contributed by atoms with Crippen molar-refractivity contribution in [3.63, 3.8) is 0 Å². The number of nitrogens with one attached hydrogen (secondary N) is 1. The Morgan fingerprint density at radius 2 is 2.12 bits per heavy atom.